The van der Waals surface area contributed by atoms with E-state index in [4.69, 9.17) is 5.11 Å². The van der Waals surface area contributed by atoms with Crippen LogP contribution in [0.5, 0.6) is 0 Å². The zero-order valence-electron chi connectivity index (χ0n) is 10.0. The van der Waals surface area contributed by atoms with Crippen LogP contribution in [0.25, 0.3) is 5.57 Å². The lowest BCUT2D eigenvalue weighted by atomic mass is 9.85. The Morgan fingerprint density at radius 3 is 2.25 bits per heavy atom. The van der Waals surface area contributed by atoms with Gasteiger partial charge in [-0.1, -0.05) is 51.1 Å². The van der Waals surface area contributed by atoms with Gasteiger partial charge in [-0.15, -0.1) is 0 Å². The Labute approximate surface area is 96.6 Å². The molecule has 16 heavy (non-hydrogen) atoms. The summed E-state index contributed by atoms with van der Waals surface area (Å²) >= 11 is 0. The van der Waals surface area contributed by atoms with E-state index in [-0.39, 0.29) is 5.41 Å². The van der Waals surface area contributed by atoms with Crippen LogP contribution in [0, 0.1) is 5.41 Å². The summed E-state index contributed by atoms with van der Waals surface area (Å²) in [6.45, 7) is 6.31. The quantitative estimate of drug-likeness (QED) is 0.787. The lowest BCUT2D eigenvalue weighted by Crippen LogP contribution is -2.07. The SMILES string of the molecule is CC(C)(C)C/C(=C/C(=O)O)c1ccccc1. The molecular formula is C14H18O2. The van der Waals surface area contributed by atoms with Gasteiger partial charge in [0, 0.05) is 6.08 Å². The Morgan fingerprint density at radius 2 is 1.81 bits per heavy atom. The largest absolute Gasteiger partial charge is 0.478 e. The highest BCUT2D eigenvalue weighted by Gasteiger charge is 2.15. The average molecular weight is 218 g/mol. The first-order chi connectivity index (χ1) is 7.38. The Hall–Kier alpha value is -1.57. The van der Waals surface area contributed by atoms with Crippen LogP contribution >= 0.6 is 0 Å². The summed E-state index contributed by atoms with van der Waals surface area (Å²) in [5, 5.41) is 8.87. The monoisotopic (exact) mass is 218 g/mol. The highest BCUT2D eigenvalue weighted by Crippen LogP contribution is 2.30. The third-order valence-corrected chi connectivity index (χ3v) is 2.16. The third-order valence-electron chi connectivity index (χ3n) is 2.16. The fourth-order valence-electron chi connectivity index (χ4n) is 1.61. The summed E-state index contributed by atoms with van der Waals surface area (Å²) in [4.78, 5) is 10.8. The van der Waals surface area contributed by atoms with Gasteiger partial charge in [0.15, 0.2) is 0 Å². The Balaban J connectivity index is 3.03. The van der Waals surface area contributed by atoms with Gasteiger partial charge in [-0.25, -0.2) is 4.79 Å². The van der Waals surface area contributed by atoms with Crippen molar-refractivity contribution in [3.8, 4) is 0 Å². The number of aliphatic carboxylic acids is 1. The molecule has 0 spiro atoms. The first kappa shape index (κ1) is 12.5. The minimum atomic E-state index is -0.886. The standard InChI is InChI=1S/C14H18O2/c1-14(2,3)10-12(9-13(15)16)11-7-5-4-6-8-11/h4-9H,10H2,1-3H3,(H,15,16)/b12-9-. The normalized spacial score (nSPS) is 12.6. The smallest absolute Gasteiger partial charge is 0.328 e. The number of rotatable bonds is 3. The molecule has 0 radical (unpaired) electrons. The van der Waals surface area contributed by atoms with E-state index in [0.29, 0.717) is 0 Å². The fraction of sp³-hybridized carbons (Fsp3) is 0.357. The molecule has 86 valence electrons. The first-order valence-corrected chi connectivity index (χ1v) is 5.37. The topological polar surface area (TPSA) is 37.3 Å². The highest BCUT2D eigenvalue weighted by atomic mass is 16.4. The van der Waals surface area contributed by atoms with Crippen molar-refractivity contribution in [2.75, 3.05) is 0 Å². The van der Waals surface area contributed by atoms with Crippen LogP contribution in [0.4, 0.5) is 0 Å². The molecule has 0 bridgehead atoms. The molecule has 0 saturated heterocycles. The van der Waals surface area contributed by atoms with Gasteiger partial charge in [0.05, 0.1) is 0 Å². The molecule has 2 nitrogen and oxygen atoms in total. The Morgan fingerprint density at radius 1 is 1.25 bits per heavy atom. The number of carboxylic acid groups (broad SMARTS) is 1. The molecule has 1 aromatic rings. The number of carboxylic acids is 1. The number of carbonyl (C=O) groups is 1. The van der Waals surface area contributed by atoms with Crippen molar-refractivity contribution >= 4 is 11.5 Å². The molecule has 0 saturated carbocycles. The minimum Gasteiger partial charge on any atom is -0.478 e. The minimum absolute atomic E-state index is 0.0805. The van der Waals surface area contributed by atoms with E-state index in [1.54, 1.807) is 0 Å². The molecule has 2 heteroatoms. The van der Waals surface area contributed by atoms with Gasteiger partial charge >= 0.3 is 5.97 Å². The molecule has 1 N–H and O–H groups in total. The summed E-state index contributed by atoms with van der Waals surface area (Å²) in [5.74, 6) is -0.886. The van der Waals surface area contributed by atoms with E-state index in [9.17, 15) is 4.79 Å². The second-order valence-electron chi connectivity index (χ2n) is 5.11. The summed E-state index contributed by atoms with van der Waals surface area (Å²) in [7, 11) is 0. The van der Waals surface area contributed by atoms with Crippen LogP contribution in [0.3, 0.4) is 0 Å². The Bertz CT molecular complexity index is 383. The molecule has 0 fully saturated rings. The molecule has 1 rings (SSSR count). The van der Waals surface area contributed by atoms with Crippen LogP contribution in [0.2, 0.25) is 0 Å². The maximum absolute atomic E-state index is 10.8. The molecule has 0 amide bonds. The molecule has 0 heterocycles. The predicted molar refractivity (Wildman–Crippen MR) is 66.1 cm³/mol. The van der Waals surface area contributed by atoms with Gasteiger partial charge < -0.3 is 5.11 Å². The second-order valence-corrected chi connectivity index (χ2v) is 5.11. The molecule has 0 aromatic heterocycles. The molecule has 0 aliphatic carbocycles. The lowest BCUT2D eigenvalue weighted by molar-refractivity contribution is -0.131. The fourth-order valence-corrected chi connectivity index (χ4v) is 1.61. The van der Waals surface area contributed by atoms with Crippen molar-refractivity contribution in [3.05, 3.63) is 42.0 Å². The molecule has 0 unspecified atom stereocenters. The van der Waals surface area contributed by atoms with E-state index < -0.39 is 5.97 Å². The predicted octanol–water partition coefficient (Wildman–Crippen LogP) is 3.59. The van der Waals surface area contributed by atoms with Crippen LogP contribution in [0.15, 0.2) is 36.4 Å². The zero-order valence-corrected chi connectivity index (χ0v) is 10.0. The number of hydrogen-bond acceptors (Lipinski definition) is 1. The average Bonchev–Trinajstić information content (AvgIpc) is 2.15. The number of allylic oxidation sites excluding steroid dienone is 1. The van der Waals surface area contributed by atoms with Gasteiger partial charge in [-0.3, -0.25) is 0 Å². The van der Waals surface area contributed by atoms with Gasteiger partial charge in [0.25, 0.3) is 0 Å². The number of benzene rings is 1. The lowest BCUT2D eigenvalue weighted by Gasteiger charge is -2.20. The molecular weight excluding hydrogens is 200 g/mol. The van der Waals surface area contributed by atoms with E-state index in [1.165, 1.54) is 6.08 Å². The molecule has 0 aliphatic heterocycles. The van der Waals surface area contributed by atoms with Crippen molar-refractivity contribution < 1.29 is 9.90 Å². The molecule has 0 aliphatic rings. The van der Waals surface area contributed by atoms with Gasteiger partial charge in [0.2, 0.25) is 0 Å². The van der Waals surface area contributed by atoms with Crippen molar-refractivity contribution in [1.29, 1.82) is 0 Å². The van der Waals surface area contributed by atoms with Crippen LogP contribution in [-0.2, 0) is 4.79 Å². The van der Waals surface area contributed by atoms with Gasteiger partial charge in [0.1, 0.15) is 0 Å². The van der Waals surface area contributed by atoms with Gasteiger partial charge in [-0.05, 0) is 23.0 Å². The van der Waals surface area contributed by atoms with Crippen molar-refractivity contribution in [2.45, 2.75) is 27.2 Å². The van der Waals surface area contributed by atoms with Crippen LogP contribution in [0.1, 0.15) is 32.8 Å². The van der Waals surface area contributed by atoms with Crippen molar-refractivity contribution in [2.24, 2.45) is 5.41 Å². The Kier molecular flexibility index (Phi) is 3.88. The van der Waals surface area contributed by atoms with Crippen LogP contribution < -0.4 is 0 Å². The third kappa shape index (κ3) is 4.30. The van der Waals surface area contributed by atoms with Crippen molar-refractivity contribution in [1.82, 2.24) is 0 Å². The molecule has 1 aromatic carbocycles. The summed E-state index contributed by atoms with van der Waals surface area (Å²) in [6, 6.07) is 9.67. The van der Waals surface area contributed by atoms with Gasteiger partial charge in [-0.2, -0.15) is 0 Å². The van der Waals surface area contributed by atoms with E-state index >= 15 is 0 Å². The molecule has 0 atom stereocenters. The van der Waals surface area contributed by atoms with Crippen LogP contribution in [-0.4, -0.2) is 11.1 Å². The maximum atomic E-state index is 10.8. The first-order valence-electron chi connectivity index (χ1n) is 5.37. The second kappa shape index (κ2) is 4.97. The maximum Gasteiger partial charge on any atom is 0.328 e. The van der Waals surface area contributed by atoms with Crippen molar-refractivity contribution in [3.63, 3.8) is 0 Å². The highest BCUT2D eigenvalue weighted by molar-refractivity contribution is 5.90. The van der Waals surface area contributed by atoms with E-state index in [2.05, 4.69) is 20.8 Å². The summed E-state index contributed by atoms with van der Waals surface area (Å²) in [6.07, 6.45) is 2.06. The summed E-state index contributed by atoms with van der Waals surface area (Å²) in [5.41, 5.74) is 1.94. The summed E-state index contributed by atoms with van der Waals surface area (Å²) < 4.78 is 0. The zero-order chi connectivity index (χ0) is 12.2. The number of hydrogen-bond donors (Lipinski definition) is 1. The van der Waals surface area contributed by atoms with E-state index in [0.717, 1.165) is 17.6 Å². The van der Waals surface area contributed by atoms with E-state index in [1.807, 2.05) is 30.3 Å².